The van der Waals surface area contributed by atoms with E-state index in [0.29, 0.717) is 25.8 Å². The molecule has 0 saturated heterocycles. The zero-order chi connectivity index (χ0) is 12.5. The van der Waals surface area contributed by atoms with Crippen LogP contribution in [0.15, 0.2) is 22.7 Å². The summed E-state index contributed by atoms with van der Waals surface area (Å²) in [6.07, 6.45) is 2.48. The Kier molecular flexibility index (Phi) is 3.37. The van der Waals surface area contributed by atoms with Crippen molar-refractivity contribution in [2.75, 3.05) is 13.2 Å². The van der Waals surface area contributed by atoms with Gasteiger partial charge in [0.15, 0.2) is 0 Å². The molecule has 5 heteroatoms. The standard InChI is InChI=1S/C13H16BrN3O/c14-9-1-4-12-11(7-9)16-13(8-18-6-5-15)17(12)10-2-3-10/h1,4,7,10H,2-3,5-6,8,15H2. The smallest absolute Gasteiger partial charge is 0.136 e. The van der Waals surface area contributed by atoms with Gasteiger partial charge >= 0.3 is 0 Å². The number of imidazole rings is 1. The fourth-order valence-electron chi connectivity index (χ4n) is 2.21. The molecular formula is C13H16BrN3O. The minimum absolute atomic E-state index is 0.542. The second-order valence-corrected chi connectivity index (χ2v) is 5.52. The lowest BCUT2D eigenvalue weighted by atomic mass is 10.3. The number of benzene rings is 1. The molecule has 0 radical (unpaired) electrons. The van der Waals surface area contributed by atoms with E-state index in [9.17, 15) is 0 Å². The van der Waals surface area contributed by atoms with Crippen molar-refractivity contribution in [2.45, 2.75) is 25.5 Å². The first kappa shape index (κ1) is 12.1. The number of ether oxygens (including phenoxy) is 1. The number of halogens is 1. The molecular weight excluding hydrogens is 294 g/mol. The highest BCUT2D eigenvalue weighted by molar-refractivity contribution is 9.10. The van der Waals surface area contributed by atoms with Crippen molar-refractivity contribution in [1.82, 2.24) is 9.55 Å². The molecule has 0 aliphatic heterocycles. The van der Waals surface area contributed by atoms with Crippen LogP contribution in [0, 0.1) is 0 Å². The summed E-state index contributed by atoms with van der Waals surface area (Å²) in [5.74, 6) is 1.01. The molecule has 0 atom stereocenters. The third-order valence-electron chi connectivity index (χ3n) is 3.13. The van der Waals surface area contributed by atoms with Gasteiger partial charge in [-0.1, -0.05) is 15.9 Å². The van der Waals surface area contributed by atoms with Crippen LogP contribution in [0.1, 0.15) is 24.7 Å². The Morgan fingerprint density at radius 1 is 1.44 bits per heavy atom. The van der Waals surface area contributed by atoms with E-state index in [1.807, 2.05) is 0 Å². The normalized spacial score (nSPS) is 15.4. The first-order valence-corrected chi connectivity index (χ1v) is 7.03. The predicted molar refractivity (Wildman–Crippen MR) is 74.4 cm³/mol. The van der Waals surface area contributed by atoms with Crippen LogP contribution < -0.4 is 5.73 Å². The van der Waals surface area contributed by atoms with Gasteiger partial charge in [0.2, 0.25) is 0 Å². The topological polar surface area (TPSA) is 53.1 Å². The van der Waals surface area contributed by atoms with Crippen molar-refractivity contribution >= 4 is 27.0 Å². The number of nitrogens with two attached hydrogens (primary N) is 1. The third-order valence-corrected chi connectivity index (χ3v) is 3.62. The van der Waals surface area contributed by atoms with E-state index < -0.39 is 0 Å². The minimum Gasteiger partial charge on any atom is -0.372 e. The molecule has 96 valence electrons. The number of hydrogen-bond acceptors (Lipinski definition) is 3. The molecule has 2 N–H and O–H groups in total. The Bertz CT molecular complexity index is 563. The Morgan fingerprint density at radius 2 is 2.28 bits per heavy atom. The lowest BCUT2D eigenvalue weighted by Gasteiger charge is -2.07. The van der Waals surface area contributed by atoms with E-state index in [1.54, 1.807) is 0 Å². The van der Waals surface area contributed by atoms with Crippen LogP contribution in [0.4, 0.5) is 0 Å². The quantitative estimate of drug-likeness (QED) is 0.864. The Labute approximate surface area is 114 Å². The van der Waals surface area contributed by atoms with E-state index in [1.165, 1.54) is 18.4 Å². The van der Waals surface area contributed by atoms with Gasteiger partial charge < -0.3 is 15.0 Å². The van der Waals surface area contributed by atoms with Gasteiger partial charge in [-0.3, -0.25) is 0 Å². The second kappa shape index (κ2) is 4.99. The zero-order valence-electron chi connectivity index (χ0n) is 10.1. The van der Waals surface area contributed by atoms with Crippen LogP contribution in [0.3, 0.4) is 0 Å². The summed E-state index contributed by atoms with van der Waals surface area (Å²) in [6.45, 7) is 1.67. The van der Waals surface area contributed by atoms with Gasteiger partial charge in [0, 0.05) is 17.1 Å². The van der Waals surface area contributed by atoms with Crippen LogP contribution in [-0.2, 0) is 11.3 Å². The minimum atomic E-state index is 0.542. The summed E-state index contributed by atoms with van der Waals surface area (Å²) in [4.78, 5) is 4.67. The van der Waals surface area contributed by atoms with Gasteiger partial charge in [-0.25, -0.2) is 4.98 Å². The number of aromatic nitrogens is 2. The van der Waals surface area contributed by atoms with Gasteiger partial charge in [-0.15, -0.1) is 0 Å². The maximum Gasteiger partial charge on any atom is 0.136 e. The van der Waals surface area contributed by atoms with Gasteiger partial charge in [0.05, 0.1) is 17.6 Å². The van der Waals surface area contributed by atoms with Crippen LogP contribution in [0.5, 0.6) is 0 Å². The van der Waals surface area contributed by atoms with E-state index >= 15 is 0 Å². The van der Waals surface area contributed by atoms with Crippen molar-refractivity contribution in [3.63, 3.8) is 0 Å². The summed E-state index contributed by atoms with van der Waals surface area (Å²) in [6, 6.07) is 6.85. The van der Waals surface area contributed by atoms with Gasteiger partial charge in [0.1, 0.15) is 12.4 Å². The molecule has 18 heavy (non-hydrogen) atoms. The summed E-state index contributed by atoms with van der Waals surface area (Å²) < 4.78 is 8.91. The highest BCUT2D eigenvalue weighted by atomic mass is 79.9. The van der Waals surface area contributed by atoms with Crippen molar-refractivity contribution in [2.24, 2.45) is 5.73 Å². The van der Waals surface area contributed by atoms with Crippen LogP contribution >= 0.6 is 15.9 Å². The van der Waals surface area contributed by atoms with Crippen molar-refractivity contribution in [3.05, 3.63) is 28.5 Å². The molecule has 0 spiro atoms. The van der Waals surface area contributed by atoms with Gasteiger partial charge in [0.25, 0.3) is 0 Å². The van der Waals surface area contributed by atoms with Gasteiger partial charge in [-0.2, -0.15) is 0 Å². The maximum absolute atomic E-state index is 5.53. The van der Waals surface area contributed by atoms with Crippen molar-refractivity contribution in [3.8, 4) is 0 Å². The number of nitrogens with zero attached hydrogens (tertiary/aromatic N) is 2. The first-order valence-electron chi connectivity index (χ1n) is 6.24. The average molecular weight is 310 g/mol. The second-order valence-electron chi connectivity index (χ2n) is 4.60. The van der Waals surface area contributed by atoms with E-state index in [4.69, 9.17) is 10.5 Å². The largest absolute Gasteiger partial charge is 0.372 e. The molecule has 1 fully saturated rings. The summed E-state index contributed by atoms with van der Waals surface area (Å²) in [7, 11) is 0. The summed E-state index contributed by atoms with van der Waals surface area (Å²) in [5.41, 5.74) is 7.67. The molecule has 1 aliphatic rings. The lowest BCUT2D eigenvalue weighted by molar-refractivity contribution is 0.120. The van der Waals surface area contributed by atoms with E-state index in [-0.39, 0.29) is 0 Å². The molecule has 2 aromatic rings. The van der Waals surface area contributed by atoms with Crippen LogP contribution in [0.25, 0.3) is 11.0 Å². The molecule has 0 bridgehead atoms. The highest BCUT2D eigenvalue weighted by Gasteiger charge is 2.28. The van der Waals surface area contributed by atoms with Gasteiger partial charge in [-0.05, 0) is 31.0 Å². The predicted octanol–water partition coefficient (Wildman–Crippen LogP) is 2.61. The molecule has 1 aliphatic carbocycles. The molecule has 1 saturated carbocycles. The monoisotopic (exact) mass is 309 g/mol. The Morgan fingerprint density at radius 3 is 3.00 bits per heavy atom. The van der Waals surface area contributed by atoms with E-state index in [2.05, 4.69) is 43.7 Å². The Hall–Kier alpha value is -0.910. The highest BCUT2D eigenvalue weighted by Crippen LogP contribution is 2.39. The van der Waals surface area contributed by atoms with E-state index in [0.717, 1.165) is 15.8 Å². The number of rotatable bonds is 5. The van der Waals surface area contributed by atoms with Crippen molar-refractivity contribution < 1.29 is 4.74 Å². The fraction of sp³-hybridized carbons (Fsp3) is 0.462. The number of fused-ring (bicyclic) bond motifs is 1. The average Bonchev–Trinajstić information content (AvgIpc) is 3.12. The molecule has 0 unspecified atom stereocenters. The Balaban J connectivity index is 1.98. The summed E-state index contributed by atoms with van der Waals surface area (Å²) >= 11 is 3.49. The third kappa shape index (κ3) is 2.30. The SMILES string of the molecule is NCCOCc1nc2cc(Br)ccc2n1C1CC1. The zero-order valence-corrected chi connectivity index (χ0v) is 11.7. The lowest BCUT2D eigenvalue weighted by Crippen LogP contribution is -2.10. The number of hydrogen-bond donors (Lipinski definition) is 1. The van der Waals surface area contributed by atoms with Crippen LogP contribution in [0.2, 0.25) is 0 Å². The van der Waals surface area contributed by atoms with Crippen LogP contribution in [-0.4, -0.2) is 22.7 Å². The van der Waals surface area contributed by atoms with Crippen molar-refractivity contribution in [1.29, 1.82) is 0 Å². The molecule has 0 amide bonds. The molecule has 1 aromatic carbocycles. The molecule has 4 nitrogen and oxygen atoms in total. The molecule has 1 aromatic heterocycles. The fourth-order valence-corrected chi connectivity index (χ4v) is 2.56. The molecule has 3 rings (SSSR count). The summed E-state index contributed by atoms with van der Waals surface area (Å²) in [5, 5.41) is 0. The maximum atomic E-state index is 5.53. The first-order chi connectivity index (χ1) is 8.79. The molecule has 1 heterocycles.